The van der Waals surface area contributed by atoms with E-state index in [4.69, 9.17) is 18.9 Å². The molecule has 1 aliphatic heterocycles. The number of hydrogen-bond acceptors (Lipinski definition) is 10. The van der Waals surface area contributed by atoms with Crippen molar-refractivity contribution < 1.29 is 33.6 Å². The first-order valence-corrected chi connectivity index (χ1v) is 16.1. The van der Waals surface area contributed by atoms with Crippen LogP contribution in [0.5, 0.6) is 17.2 Å². The number of carbonyl (C=O) groups excluding carboxylic acids is 2. The summed E-state index contributed by atoms with van der Waals surface area (Å²) in [6.45, 7) is 3.79. The van der Waals surface area contributed by atoms with E-state index in [9.17, 15) is 20.0 Å². The number of aliphatic hydroxyl groups excluding tert-OH is 1. The Labute approximate surface area is 293 Å². The summed E-state index contributed by atoms with van der Waals surface area (Å²) in [5.41, 5.74) is 5.87. The first-order chi connectivity index (χ1) is 22.1. The van der Waals surface area contributed by atoms with Crippen molar-refractivity contribution in [2.75, 3.05) is 20.3 Å². The molecule has 2 atom stereocenters. The summed E-state index contributed by atoms with van der Waals surface area (Å²) >= 11 is 4.39. The van der Waals surface area contributed by atoms with Crippen LogP contribution < -0.4 is 30.3 Å². The molecule has 0 fully saturated rings. The zero-order chi connectivity index (χ0) is 33.2. The first-order valence-electron chi connectivity index (χ1n) is 14.0. The van der Waals surface area contributed by atoms with Gasteiger partial charge in [-0.25, -0.2) is 9.59 Å². The van der Waals surface area contributed by atoms with Gasteiger partial charge in [0.2, 0.25) is 0 Å². The highest BCUT2D eigenvalue weighted by Crippen LogP contribution is 2.35. The maximum atomic E-state index is 12.5. The van der Waals surface area contributed by atoms with Crippen molar-refractivity contribution in [1.82, 2.24) is 16.1 Å². The molecule has 1 aliphatic rings. The Balaban J connectivity index is 1.43. The van der Waals surface area contributed by atoms with Crippen LogP contribution in [0.3, 0.4) is 0 Å². The van der Waals surface area contributed by atoms with E-state index in [2.05, 4.69) is 72.4 Å². The average molecular weight is 851 g/mol. The number of halogens is 2. The molecule has 1 heterocycles. The fraction of sp³-hybridized carbons (Fsp3) is 0.250. The van der Waals surface area contributed by atoms with Crippen LogP contribution in [0.4, 0.5) is 4.79 Å². The maximum absolute atomic E-state index is 12.5. The second-order valence-corrected chi connectivity index (χ2v) is 12.2. The molecule has 12 nitrogen and oxygen atoms in total. The highest BCUT2D eigenvalue weighted by atomic mass is 127. The van der Waals surface area contributed by atoms with Crippen molar-refractivity contribution in [1.29, 1.82) is 5.26 Å². The lowest BCUT2D eigenvalue weighted by Crippen LogP contribution is -2.45. The average Bonchev–Trinajstić information content (AvgIpc) is 3.03. The Morgan fingerprint density at radius 2 is 1.93 bits per heavy atom. The molecule has 0 aliphatic carbocycles. The van der Waals surface area contributed by atoms with Crippen LogP contribution in [0.2, 0.25) is 0 Å². The number of rotatable bonds is 13. The molecule has 14 heteroatoms. The largest absolute Gasteiger partial charge is 0.490 e. The van der Waals surface area contributed by atoms with Crippen molar-refractivity contribution in [3.8, 4) is 23.3 Å². The highest BCUT2D eigenvalue weighted by molar-refractivity contribution is 14.1. The van der Waals surface area contributed by atoms with E-state index < -0.39 is 24.3 Å². The van der Waals surface area contributed by atoms with E-state index in [1.807, 2.05) is 31.2 Å². The maximum Gasteiger partial charge on any atom is 0.337 e. The Kier molecular flexibility index (Phi) is 12.5. The number of amides is 2. The lowest BCUT2D eigenvalue weighted by molar-refractivity contribution is -0.136. The molecule has 2 amide bonds. The van der Waals surface area contributed by atoms with Gasteiger partial charge in [0, 0.05) is 20.4 Å². The molecule has 0 unspecified atom stereocenters. The molecule has 240 valence electrons. The monoisotopic (exact) mass is 851 g/mol. The summed E-state index contributed by atoms with van der Waals surface area (Å²) in [7, 11) is 1.27. The highest BCUT2D eigenvalue weighted by Gasteiger charge is 2.32. The standard InChI is InChI=1S/C32H31I2N5O7/c1-4-44-26-12-19(29-28(31(41)43-3)18(2)37-32(42)38-29)9-10-25(26)45-17-27(40)39-36-15-22-11-23(33)13-24(34)30(22)46-16-21-8-6-5-7-20(21)14-35/h5-13,15,27,29,39-40H,4,16-17H2,1-3H3,(H2,37,38,42)/b36-15+/t27-,29+/m1/s1. The van der Waals surface area contributed by atoms with Gasteiger partial charge in [0.05, 0.1) is 46.7 Å². The fourth-order valence-corrected chi connectivity index (χ4v) is 6.59. The number of hydrogen-bond donors (Lipinski definition) is 4. The normalized spacial score (nSPS) is 15.0. The quantitative estimate of drug-likeness (QED) is 0.0619. The van der Waals surface area contributed by atoms with Crippen molar-refractivity contribution in [2.45, 2.75) is 32.7 Å². The van der Waals surface area contributed by atoms with Crippen LogP contribution >= 0.6 is 45.2 Å². The number of hydrazone groups is 1. The van der Waals surface area contributed by atoms with Gasteiger partial charge in [-0.05, 0) is 94.9 Å². The van der Waals surface area contributed by atoms with Gasteiger partial charge in [-0.3, -0.25) is 5.43 Å². The summed E-state index contributed by atoms with van der Waals surface area (Å²) in [6, 6.07) is 17.1. The van der Waals surface area contributed by atoms with Crippen LogP contribution in [0.25, 0.3) is 0 Å². The van der Waals surface area contributed by atoms with Crippen molar-refractivity contribution in [2.24, 2.45) is 5.10 Å². The zero-order valence-electron chi connectivity index (χ0n) is 25.1. The second-order valence-electron chi connectivity index (χ2n) is 9.78. The molecule has 4 rings (SSSR count). The summed E-state index contributed by atoms with van der Waals surface area (Å²) in [5.74, 6) is 0.720. The van der Waals surface area contributed by atoms with Crippen LogP contribution in [0.15, 0.2) is 71.0 Å². The number of carbonyl (C=O) groups is 2. The number of benzene rings is 3. The van der Waals surface area contributed by atoms with Crippen LogP contribution in [-0.4, -0.2) is 49.9 Å². The third kappa shape index (κ3) is 8.79. The van der Waals surface area contributed by atoms with Gasteiger partial charge in [0.15, 0.2) is 17.7 Å². The molecule has 3 aromatic carbocycles. The van der Waals surface area contributed by atoms with Crippen molar-refractivity contribution >= 4 is 63.4 Å². The Bertz CT molecular complexity index is 1710. The number of methoxy groups -OCH3 is 1. The third-order valence-electron chi connectivity index (χ3n) is 6.65. The molecule has 0 saturated carbocycles. The number of ether oxygens (including phenoxy) is 4. The number of allylic oxidation sites excluding steroid dienone is 1. The van der Waals surface area contributed by atoms with Crippen molar-refractivity contribution in [3.05, 3.63) is 95.3 Å². The molecular weight excluding hydrogens is 820 g/mol. The predicted octanol–water partition coefficient (Wildman–Crippen LogP) is 4.87. The van der Waals surface area contributed by atoms with Gasteiger partial charge in [0.1, 0.15) is 19.0 Å². The molecule has 4 N–H and O–H groups in total. The predicted molar refractivity (Wildman–Crippen MR) is 186 cm³/mol. The van der Waals surface area contributed by atoms with Gasteiger partial charge >= 0.3 is 12.0 Å². The lowest BCUT2D eigenvalue weighted by atomic mass is 9.95. The molecule has 0 saturated heterocycles. The minimum atomic E-state index is -1.18. The number of nitrogens with one attached hydrogen (secondary N) is 3. The lowest BCUT2D eigenvalue weighted by Gasteiger charge is -2.28. The molecule has 0 bridgehead atoms. The second kappa shape index (κ2) is 16.5. The Morgan fingerprint density at radius 3 is 2.67 bits per heavy atom. The van der Waals surface area contributed by atoms with Gasteiger partial charge < -0.3 is 34.7 Å². The Hall–Kier alpha value is -4.08. The van der Waals surface area contributed by atoms with Gasteiger partial charge in [-0.1, -0.05) is 24.3 Å². The topological polar surface area (TPSA) is 164 Å². The molecule has 0 spiro atoms. The van der Waals surface area contributed by atoms with Gasteiger partial charge in [-0.15, -0.1) is 0 Å². The number of nitriles is 1. The number of aliphatic hydroxyl groups is 1. The van der Waals surface area contributed by atoms with Crippen molar-refractivity contribution in [3.63, 3.8) is 0 Å². The van der Waals surface area contributed by atoms with Gasteiger partial charge in [-0.2, -0.15) is 10.4 Å². The van der Waals surface area contributed by atoms with E-state index >= 15 is 0 Å². The summed E-state index contributed by atoms with van der Waals surface area (Å²) < 4.78 is 24.5. The van der Waals surface area contributed by atoms with Crippen LogP contribution in [0, 0.1) is 18.5 Å². The minimum Gasteiger partial charge on any atom is -0.490 e. The number of nitrogens with zero attached hydrogens (tertiary/aromatic N) is 2. The van der Waals surface area contributed by atoms with E-state index in [0.717, 1.165) is 12.7 Å². The Morgan fingerprint density at radius 1 is 1.15 bits per heavy atom. The van der Waals surface area contributed by atoms with Crippen LogP contribution in [0.1, 0.15) is 42.1 Å². The summed E-state index contributed by atoms with van der Waals surface area (Å²) in [5, 5.41) is 29.5. The SMILES string of the molecule is CCOc1cc([C@@H]2NC(=O)NC(C)=C2C(=O)OC)ccc1OC[C@@H](O)N/N=C/c1cc(I)cc(I)c1OCc1ccccc1C#N. The smallest absolute Gasteiger partial charge is 0.337 e. The van der Waals surface area contributed by atoms with Crippen LogP contribution in [-0.2, 0) is 16.1 Å². The fourth-order valence-electron chi connectivity index (χ4n) is 4.55. The van der Waals surface area contributed by atoms with E-state index in [0.29, 0.717) is 46.2 Å². The summed E-state index contributed by atoms with van der Waals surface area (Å²) in [6.07, 6.45) is 0.362. The van der Waals surface area contributed by atoms with Gasteiger partial charge in [0.25, 0.3) is 0 Å². The molecular formula is C32H31I2N5O7. The molecule has 0 radical (unpaired) electrons. The first kappa shape index (κ1) is 34.8. The number of esters is 1. The van der Waals surface area contributed by atoms with E-state index in [1.54, 1.807) is 43.5 Å². The number of urea groups is 1. The zero-order valence-corrected chi connectivity index (χ0v) is 29.4. The summed E-state index contributed by atoms with van der Waals surface area (Å²) in [4.78, 5) is 24.7. The molecule has 46 heavy (non-hydrogen) atoms. The van der Waals surface area contributed by atoms with E-state index in [1.165, 1.54) is 7.11 Å². The molecule has 3 aromatic rings. The molecule has 0 aromatic heterocycles. The minimum absolute atomic E-state index is 0.175. The third-order valence-corrected chi connectivity index (χ3v) is 8.07. The van der Waals surface area contributed by atoms with E-state index in [-0.39, 0.29) is 18.8 Å².